The van der Waals surface area contributed by atoms with Crippen LogP contribution in [0.4, 0.5) is 29.3 Å². The lowest BCUT2D eigenvalue weighted by Crippen LogP contribution is -2.52. The summed E-state index contributed by atoms with van der Waals surface area (Å²) in [5.41, 5.74) is 0.133. The summed E-state index contributed by atoms with van der Waals surface area (Å²) in [6, 6.07) is 4.11. The molecule has 12 heteroatoms. The fraction of sp³-hybridized carbons (Fsp3) is 0.368. The number of nitrogens with one attached hydrogen (secondary N) is 2. The van der Waals surface area contributed by atoms with Gasteiger partial charge in [-0.05, 0) is 24.3 Å². The van der Waals surface area contributed by atoms with Gasteiger partial charge in [0.1, 0.15) is 0 Å². The Kier molecular flexibility index (Phi) is 6.03. The lowest BCUT2D eigenvalue weighted by molar-refractivity contribution is -0.137. The molecule has 1 aromatic heterocycles. The van der Waals surface area contributed by atoms with Crippen molar-refractivity contribution in [3.8, 4) is 0 Å². The van der Waals surface area contributed by atoms with Crippen LogP contribution in [0.1, 0.15) is 11.3 Å². The first kappa shape index (κ1) is 22.7. The van der Waals surface area contributed by atoms with E-state index >= 15 is 0 Å². The van der Waals surface area contributed by atoms with Crippen molar-refractivity contribution in [2.75, 3.05) is 37.3 Å². The molecular weight excluding hydrogens is 435 g/mol. The normalized spacial score (nSPS) is 16.5. The van der Waals surface area contributed by atoms with Gasteiger partial charge in [-0.25, -0.2) is 13.2 Å². The number of nitrogens with zero attached hydrogens (tertiary/aromatic N) is 3. The first-order valence-electron chi connectivity index (χ1n) is 9.28. The summed E-state index contributed by atoms with van der Waals surface area (Å²) in [6.07, 6.45) is -2.90. The molecule has 1 atom stereocenters. The smallest absolute Gasteiger partial charge is 0.387 e. The van der Waals surface area contributed by atoms with Gasteiger partial charge in [0.15, 0.2) is 0 Å². The molecule has 0 saturated heterocycles. The van der Waals surface area contributed by atoms with E-state index in [0.29, 0.717) is 17.4 Å². The molecule has 168 valence electrons. The van der Waals surface area contributed by atoms with Crippen LogP contribution in [0.2, 0.25) is 0 Å². The third-order valence-electron chi connectivity index (χ3n) is 4.81. The number of carbonyl (C=O) groups excluding carboxylic acids is 1. The van der Waals surface area contributed by atoms with Gasteiger partial charge in [0.05, 0.1) is 46.3 Å². The van der Waals surface area contributed by atoms with Crippen molar-refractivity contribution in [3.63, 3.8) is 0 Å². The summed E-state index contributed by atoms with van der Waals surface area (Å²) in [7, 11) is 0.350. The Morgan fingerprint density at radius 3 is 2.58 bits per heavy atom. The van der Waals surface area contributed by atoms with E-state index in [1.54, 1.807) is 27.2 Å². The van der Waals surface area contributed by atoms with E-state index in [2.05, 4.69) is 15.6 Å². The van der Waals surface area contributed by atoms with Crippen molar-refractivity contribution in [3.05, 3.63) is 47.8 Å². The number of sulfonamides is 1. The van der Waals surface area contributed by atoms with Crippen LogP contribution in [0.3, 0.4) is 0 Å². The van der Waals surface area contributed by atoms with Crippen molar-refractivity contribution in [2.24, 2.45) is 0 Å². The molecular formula is C19H22F3N5O3S. The third-order valence-corrected chi connectivity index (χ3v) is 6.59. The Balaban J connectivity index is 2.07. The van der Waals surface area contributed by atoms with Gasteiger partial charge in [-0.1, -0.05) is 6.07 Å². The van der Waals surface area contributed by atoms with Gasteiger partial charge in [-0.15, -0.1) is 0 Å². The second kappa shape index (κ2) is 8.25. The standard InChI is InChI=1S/C19H22F3N5O3S/c1-23-13-9-17-16(24-10-13)8-14(25-18(28)26(2)3)11-27(17)31(29,30)15-6-4-5-12(7-15)19(20,21)22/h4-7,9-10,14,23H,8,11H2,1-3H3,(H,25,28). The van der Waals surface area contributed by atoms with Gasteiger partial charge in [-0.3, -0.25) is 9.29 Å². The lowest BCUT2D eigenvalue weighted by atomic mass is 10.0. The minimum absolute atomic E-state index is 0.153. The number of fused-ring (bicyclic) bond motifs is 1. The molecule has 1 aromatic carbocycles. The van der Waals surface area contributed by atoms with Gasteiger partial charge in [0.25, 0.3) is 10.0 Å². The molecule has 0 aliphatic carbocycles. The molecule has 2 heterocycles. The average molecular weight is 457 g/mol. The van der Waals surface area contributed by atoms with Gasteiger partial charge in [0.2, 0.25) is 0 Å². The fourth-order valence-corrected chi connectivity index (χ4v) is 4.75. The highest BCUT2D eigenvalue weighted by Gasteiger charge is 2.37. The van der Waals surface area contributed by atoms with Crippen LogP contribution in [0.15, 0.2) is 41.4 Å². The lowest BCUT2D eigenvalue weighted by Gasteiger charge is -2.35. The zero-order chi connectivity index (χ0) is 23.0. The largest absolute Gasteiger partial charge is 0.416 e. The average Bonchev–Trinajstić information content (AvgIpc) is 2.72. The third kappa shape index (κ3) is 4.68. The van der Waals surface area contributed by atoms with Crippen LogP contribution in [0, 0.1) is 0 Å². The maximum absolute atomic E-state index is 13.4. The quantitative estimate of drug-likeness (QED) is 0.736. The number of carbonyl (C=O) groups is 1. The molecule has 1 unspecified atom stereocenters. The first-order chi connectivity index (χ1) is 14.4. The molecule has 2 amide bonds. The molecule has 8 nitrogen and oxygen atoms in total. The number of alkyl halides is 3. The number of aromatic nitrogens is 1. The monoisotopic (exact) mass is 457 g/mol. The second-order valence-corrected chi connectivity index (χ2v) is 9.11. The number of hydrogen-bond acceptors (Lipinski definition) is 5. The number of halogens is 3. The van der Waals surface area contributed by atoms with Crippen LogP contribution in [-0.2, 0) is 22.6 Å². The molecule has 31 heavy (non-hydrogen) atoms. The number of benzene rings is 1. The molecule has 1 aliphatic heterocycles. The maximum Gasteiger partial charge on any atom is 0.416 e. The Morgan fingerprint density at radius 1 is 1.26 bits per heavy atom. The highest BCUT2D eigenvalue weighted by molar-refractivity contribution is 7.92. The Bertz CT molecular complexity index is 1090. The van der Waals surface area contributed by atoms with Gasteiger partial charge in [-0.2, -0.15) is 13.2 Å². The Morgan fingerprint density at radius 2 is 1.97 bits per heavy atom. The number of pyridine rings is 1. The van der Waals surface area contributed by atoms with Crippen LogP contribution in [0.25, 0.3) is 0 Å². The highest BCUT2D eigenvalue weighted by Crippen LogP contribution is 2.35. The maximum atomic E-state index is 13.4. The highest BCUT2D eigenvalue weighted by atomic mass is 32.2. The molecule has 0 spiro atoms. The summed E-state index contributed by atoms with van der Waals surface area (Å²) >= 11 is 0. The van der Waals surface area contributed by atoms with Crippen molar-refractivity contribution < 1.29 is 26.4 Å². The van der Waals surface area contributed by atoms with Crippen molar-refractivity contribution in [1.29, 1.82) is 0 Å². The molecule has 1 aliphatic rings. The number of urea groups is 1. The van der Waals surface area contributed by atoms with Gasteiger partial charge in [0, 0.05) is 27.6 Å². The van der Waals surface area contributed by atoms with Crippen LogP contribution in [0.5, 0.6) is 0 Å². The molecule has 2 aromatic rings. The number of amides is 2. The predicted octanol–water partition coefficient (Wildman–Crippen LogP) is 2.53. The van der Waals surface area contributed by atoms with Crippen molar-refractivity contribution in [1.82, 2.24) is 15.2 Å². The summed E-state index contributed by atoms with van der Waals surface area (Å²) in [5.74, 6) is 0. The van der Waals surface area contributed by atoms with Crippen LogP contribution in [-0.4, -0.2) is 58.1 Å². The molecule has 3 rings (SSSR count). The van der Waals surface area contributed by atoms with Crippen LogP contribution >= 0.6 is 0 Å². The predicted molar refractivity (Wildman–Crippen MR) is 109 cm³/mol. The van der Waals surface area contributed by atoms with E-state index in [0.717, 1.165) is 22.5 Å². The number of rotatable bonds is 4. The number of hydrogen-bond donors (Lipinski definition) is 2. The fourth-order valence-electron chi connectivity index (χ4n) is 3.18. The van der Waals surface area contributed by atoms with E-state index < -0.39 is 38.7 Å². The summed E-state index contributed by atoms with van der Waals surface area (Å²) in [4.78, 5) is 17.2. The Labute approximate surface area is 178 Å². The second-order valence-electron chi connectivity index (χ2n) is 7.25. The van der Waals surface area contributed by atoms with Crippen molar-refractivity contribution >= 4 is 27.4 Å². The SMILES string of the molecule is CNc1cnc2c(c1)N(S(=O)(=O)c1cccc(C(F)(F)F)c1)CC(NC(=O)N(C)C)C2. The summed E-state index contributed by atoms with van der Waals surface area (Å²) < 4.78 is 67.2. The minimum atomic E-state index is -4.69. The zero-order valence-corrected chi connectivity index (χ0v) is 17.9. The summed E-state index contributed by atoms with van der Waals surface area (Å²) in [5, 5.41) is 5.59. The van der Waals surface area contributed by atoms with E-state index in [1.165, 1.54) is 11.1 Å². The minimum Gasteiger partial charge on any atom is -0.387 e. The molecule has 0 saturated carbocycles. The van der Waals surface area contributed by atoms with Crippen molar-refractivity contribution in [2.45, 2.75) is 23.5 Å². The number of anilines is 2. The van der Waals surface area contributed by atoms with Crippen LogP contribution < -0.4 is 14.9 Å². The molecule has 0 fully saturated rings. The zero-order valence-electron chi connectivity index (χ0n) is 17.1. The Hall–Kier alpha value is -3.02. The summed E-state index contributed by atoms with van der Waals surface area (Å²) in [6.45, 7) is -0.153. The van der Waals surface area contributed by atoms with Gasteiger partial charge < -0.3 is 15.5 Å². The molecule has 0 radical (unpaired) electrons. The van der Waals surface area contributed by atoms with E-state index in [4.69, 9.17) is 0 Å². The molecule has 2 N–H and O–H groups in total. The van der Waals surface area contributed by atoms with E-state index in [-0.39, 0.29) is 18.7 Å². The van der Waals surface area contributed by atoms with E-state index in [9.17, 15) is 26.4 Å². The van der Waals surface area contributed by atoms with E-state index in [1.807, 2.05) is 0 Å². The van der Waals surface area contributed by atoms with Gasteiger partial charge >= 0.3 is 12.2 Å². The topological polar surface area (TPSA) is 94.6 Å². The molecule has 0 bridgehead atoms. The first-order valence-corrected chi connectivity index (χ1v) is 10.7.